The van der Waals surface area contributed by atoms with Crippen LogP contribution in [-0.2, 0) is 9.59 Å². The zero-order valence-corrected chi connectivity index (χ0v) is 18.4. The highest BCUT2D eigenvalue weighted by Crippen LogP contribution is 2.68. The molecular formula is C23H24Cl2N2O4. The summed E-state index contributed by atoms with van der Waals surface area (Å²) < 4.78 is 10.9. The van der Waals surface area contributed by atoms with Crippen molar-refractivity contribution in [3.8, 4) is 11.5 Å². The third kappa shape index (κ3) is 5.25. The topological polar surface area (TPSA) is 76.7 Å². The summed E-state index contributed by atoms with van der Waals surface area (Å²) in [5, 5.41) is 7.17. The van der Waals surface area contributed by atoms with Crippen molar-refractivity contribution in [3.63, 3.8) is 0 Å². The highest BCUT2D eigenvalue weighted by molar-refractivity contribution is 6.30. The fraction of sp³-hybridized carbons (Fsp3) is 0.391. The number of amides is 2. The Balaban J connectivity index is 1.14. The Labute approximate surface area is 191 Å². The van der Waals surface area contributed by atoms with Crippen molar-refractivity contribution in [2.24, 2.45) is 17.3 Å². The molecule has 3 saturated carbocycles. The summed E-state index contributed by atoms with van der Waals surface area (Å²) in [6, 6.07) is 13.8. The molecule has 3 aliphatic rings. The van der Waals surface area contributed by atoms with Gasteiger partial charge in [-0.1, -0.05) is 23.2 Å². The Morgan fingerprint density at radius 2 is 1.32 bits per heavy atom. The van der Waals surface area contributed by atoms with Crippen LogP contribution in [0.5, 0.6) is 11.5 Å². The Kier molecular flexibility index (Phi) is 6.58. The Morgan fingerprint density at radius 3 is 1.77 bits per heavy atom. The van der Waals surface area contributed by atoms with Crippen molar-refractivity contribution in [1.29, 1.82) is 0 Å². The zero-order valence-electron chi connectivity index (χ0n) is 16.9. The van der Waals surface area contributed by atoms with Crippen molar-refractivity contribution in [2.75, 3.05) is 26.3 Å². The van der Waals surface area contributed by atoms with E-state index in [2.05, 4.69) is 10.6 Å². The Hall–Kier alpha value is -2.44. The molecule has 2 N–H and O–H groups in total. The van der Waals surface area contributed by atoms with Crippen LogP contribution >= 0.6 is 23.2 Å². The second kappa shape index (κ2) is 9.37. The maximum absolute atomic E-state index is 12.1. The lowest BCUT2D eigenvalue weighted by molar-refractivity contribution is -0.186. The number of nitrogens with one attached hydrogen (secondary N) is 2. The van der Waals surface area contributed by atoms with Crippen molar-refractivity contribution in [1.82, 2.24) is 10.6 Å². The number of ether oxygens (including phenoxy) is 2. The van der Waals surface area contributed by atoms with E-state index in [1.54, 1.807) is 48.5 Å². The van der Waals surface area contributed by atoms with Gasteiger partial charge < -0.3 is 20.1 Å². The fourth-order valence-corrected chi connectivity index (χ4v) is 4.62. The van der Waals surface area contributed by atoms with Crippen LogP contribution in [0.3, 0.4) is 0 Å². The van der Waals surface area contributed by atoms with Gasteiger partial charge in [0.05, 0.1) is 0 Å². The average Bonchev–Trinajstić information content (AvgIpc) is 2.72. The molecular weight excluding hydrogens is 439 g/mol. The second-order valence-electron chi connectivity index (χ2n) is 8.20. The molecule has 0 spiro atoms. The number of hydrogen-bond donors (Lipinski definition) is 2. The van der Waals surface area contributed by atoms with Crippen molar-refractivity contribution in [2.45, 2.75) is 12.8 Å². The summed E-state index contributed by atoms with van der Waals surface area (Å²) in [5.74, 6) is 1.91. The maximum atomic E-state index is 12.1. The van der Waals surface area contributed by atoms with E-state index >= 15 is 0 Å². The molecule has 0 heterocycles. The van der Waals surface area contributed by atoms with Crippen molar-refractivity contribution >= 4 is 35.0 Å². The summed E-state index contributed by atoms with van der Waals surface area (Å²) in [7, 11) is 0. The molecule has 8 heteroatoms. The van der Waals surface area contributed by atoms with Crippen molar-refractivity contribution < 1.29 is 19.1 Å². The summed E-state index contributed by atoms with van der Waals surface area (Å²) >= 11 is 11.7. The van der Waals surface area contributed by atoms with E-state index in [0.29, 0.717) is 46.5 Å². The zero-order chi connectivity index (χ0) is 21.8. The quantitative estimate of drug-likeness (QED) is 0.564. The van der Waals surface area contributed by atoms with Gasteiger partial charge in [-0.3, -0.25) is 9.59 Å². The molecule has 3 fully saturated rings. The van der Waals surface area contributed by atoms with E-state index in [1.807, 2.05) is 0 Å². The summed E-state index contributed by atoms with van der Waals surface area (Å²) in [5.41, 5.74) is 0.0882. The predicted molar refractivity (Wildman–Crippen MR) is 119 cm³/mol. The first-order chi connectivity index (χ1) is 14.9. The molecule has 164 valence electrons. The van der Waals surface area contributed by atoms with Gasteiger partial charge in [0.2, 0.25) is 0 Å². The fourth-order valence-electron chi connectivity index (χ4n) is 4.37. The molecule has 0 saturated heterocycles. The largest absolute Gasteiger partial charge is 0.484 e. The molecule has 0 radical (unpaired) electrons. The summed E-state index contributed by atoms with van der Waals surface area (Å²) in [4.78, 5) is 24.2. The molecule has 0 aromatic heterocycles. The Morgan fingerprint density at radius 1 is 0.839 bits per heavy atom. The van der Waals surface area contributed by atoms with Crippen LogP contribution in [0.4, 0.5) is 0 Å². The SMILES string of the molecule is O=C(COc1ccc(Cl)cc1)NCC1C2CC1(CNC(=O)COc1ccc(Cl)cc1)C2. The maximum Gasteiger partial charge on any atom is 0.257 e. The van der Waals surface area contributed by atoms with E-state index < -0.39 is 0 Å². The van der Waals surface area contributed by atoms with Crippen LogP contribution in [0, 0.1) is 17.3 Å². The van der Waals surface area contributed by atoms with Crippen molar-refractivity contribution in [3.05, 3.63) is 58.6 Å². The van der Waals surface area contributed by atoms with Crippen LogP contribution in [0.1, 0.15) is 12.8 Å². The molecule has 1 unspecified atom stereocenters. The Bertz CT molecular complexity index is 928. The van der Waals surface area contributed by atoms with E-state index in [1.165, 1.54) is 0 Å². The van der Waals surface area contributed by atoms with Crippen LogP contribution in [-0.4, -0.2) is 38.1 Å². The van der Waals surface area contributed by atoms with Crippen LogP contribution in [0.2, 0.25) is 10.0 Å². The van der Waals surface area contributed by atoms with Gasteiger partial charge >= 0.3 is 0 Å². The minimum absolute atomic E-state index is 0.0369. The number of hydrogen-bond acceptors (Lipinski definition) is 4. The predicted octanol–water partition coefficient (Wildman–Crippen LogP) is 3.71. The standard InChI is InChI=1S/C23H24Cl2N2O4/c24-16-1-5-18(6-2-16)30-12-21(28)26-11-20-15-9-23(20,10-15)14-27-22(29)13-31-19-7-3-17(25)4-8-19/h1-8,15,20H,9-14H2,(H,26,28)(H,27,29). The first kappa shape index (κ1) is 21.8. The number of rotatable bonds is 10. The molecule has 6 nitrogen and oxygen atoms in total. The van der Waals surface area contributed by atoms with Gasteiger partial charge in [-0.25, -0.2) is 0 Å². The number of carbonyl (C=O) groups excluding carboxylic acids is 2. The first-order valence-corrected chi connectivity index (χ1v) is 11.0. The summed E-state index contributed by atoms with van der Waals surface area (Å²) in [6.45, 7) is 1.13. The molecule has 2 amide bonds. The highest BCUT2D eigenvalue weighted by Gasteiger charge is 2.64. The molecule has 2 aromatic rings. The minimum atomic E-state index is -0.156. The molecule has 2 bridgehead atoms. The third-order valence-corrected chi connectivity index (χ3v) is 6.72. The molecule has 0 aliphatic heterocycles. The van der Waals surface area contributed by atoms with Gasteiger partial charge in [0.25, 0.3) is 11.8 Å². The van der Waals surface area contributed by atoms with Crippen LogP contribution < -0.4 is 20.1 Å². The van der Waals surface area contributed by atoms with E-state index in [-0.39, 0.29) is 30.4 Å². The molecule has 31 heavy (non-hydrogen) atoms. The van der Waals surface area contributed by atoms with Gasteiger partial charge in [-0.2, -0.15) is 0 Å². The highest BCUT2D eigenvalue weighted by atomic mass is 35.5. The number of benzene rings is 2. The minimum Gasteiger partial charge on any atom is -0.484 e. The normalized spacial score (nSPS) is 23.2. The number of carbonyl (C=O) groups is 2. The smallest absolute Gasteiger partial charge is 0.257 e. The second-order valence-corrected chi connectivity index (χ2v) is 9.08. The lowest BCUT2D eigenvalue weighted by Crippen LogP contribution is -2.68. The molecule has 1 atom stereocenters. The van der Waals surface area contributed by atoms with Crippen LogP contribution in [0.15, 0.2) is 48.5 Å². The summed E-state index contributed by atoms with van der Waals surface area (Å²) in [6.07, 6.45) is 2.18. The first-order valence-electron chi connectivity index (χ1n) is 10.2. The van der Waals surface area contributed by atoms with Gasteiger partial charge in [0.15, 0.2) is 13.2 Å². The van der Waals surface area contributed by atoms with Gasteiger partial charge in [-0.05, 0) is 78.6 Å². The number of halogens is 2. The van der Waals surface area contributed by atoms with E-state index in [9.17, 15) is 9.59 Å². The van der Waals surface area contributed by atoms with Gasteiger partial charge in [0.1, 0.15) is 11.5 Å². The lowest BCUT2D eigenvalue weighted by Gasteiger charge is -2.68. The molecule has 5 rings (SSSR count). The monoisotopic (exact) mass is 462 g/mol. The average molecular weight is 463 g/mol. The molecule has 2 aromatic carbocycles. The van der Waals surface area contributed by atoms with Gasteiger partial charge in [0, 0.05) is 23.1 Å². The third-order valence-electron chi connectivity index (χ3n) is 6.22. The van der Waals surface area contributed by atoms with Crippen LogP contribution in [0.25, 0.3) is 0 Å². The lowest BCUT2D eigenvalue weighted by atomic mass is 9.37. The molecule has 3 aliphatic carbocycles. The van der Waals surface area contributed by atoms with E-state index in [4.69, 9.17) is 32.7 Å². The van der Waals surface area contributed by atoms with Gasteiger partial charge in [-0.15, -0.1) is 0 Å². The van der Waals surface area contributed by atoms with E-state index in [0.717, 1.165) is 12.8 Å².